The SMILES string of the molecule is Cc1ccc(C(CNCc2csc(C(C)(C)C)n2)N2CCOCC2)o1. The first kappa shape index (κ1) is 18.6. The summed E-state index contributed by atoms with van der Waals surface area (Å²) in [6.45, 7) is 13.7. The molecule has 1 aliphatic heterocycles. The fraction of sp³-hybridized carbons (Fsp3) is 0.632. The van der Waals surface area contributed by atoms with E-state index in [1.165, 1.54) is 5.01 Å². The lowest BCUT2D eigenvalue weighted by molar-refractivity contribution is 0.0115. The van der Waals surface area contributed by atoms with Crippen molar-refractivity contribution in [3.63, 3.8) is 0 Å². The molecule has 1 N–H and O–H groups in total. The van der Waals surface area contributed by atoms with Crippen LogP contribution in [0.5, 0.6) is 0 Å². The van der Waals surface area contributed by atoms with Gasteiger partial charge in [-0.1, -0.05) is 20.8 Å². The molecule has 2 aromatic heterocycles. The summed E-state index contributed by atoms with van der Waals surface area (Å²) in [5.41, 5.74) is 1.23. The van der Waals surface area contributed by atoms with Gasteiger partial charge in [-0.2, -0.15) is 0 Å². The Morgan fingerprint density at radius 2 is 2.04 bits per heavy atom. The number of furan rings is 1. The number of nitrogens with one attached hydrogen (secondary N) is 1. The maximum absolute atomic E-state index is 5.91. The summed E-state index contributed by atoms with van der Waals surface area (Å²) >= 11 is 1.75. The Bertz CT molecular complexity index is 668. The lowest BCUT2D eigenvalue weighted by Crippen LogP contribution is -2.42. The zero-order valence-corrected chi connectivity index (χ0v) is 16.5. The van der Waals surface area contributed by atoms with Gasteiger partial charge in [0.25, 0.3) is 0 Å². The normalized spacial score (nSPS) is 17.8. The standard InChI is InChI=1S/C19H29N3O2S/c1-14-5-6-17(24-14)16(22-7-9-23-10-8-22)12-20-11-15-13-25-18(21-15)19(2,3)4/h5-6,13,16,20H,7-12H2,1-4H3. The van der Waals surface area contributed by atoms with Gasteiger partial charge in [0.15, 0.2) is 0 Å². The maximum atomic E-state index is 5.91. The second-order valence-corrected chi connectivity index (χ2v) is 8.50. The van der Waals surface area contributed by atoms with Crippen LogP contribution in [0.4, 0.5) is 0 Å². The van der Waals surface area contributed by atoms with Gasteiger partial charge in [-0.25, -0.2) is 4.98 Å². The summed E-state index contributed by atoms with van der Waals surface area (Å²) in [5, 5.41) is 6.92. The first-order chi connectivity index (χ1) is 11.9. The van der Waals surface area contributed by atoms with E-state index in [1.807, 2.05) is 13.0 Å². The average Bonchev–Trinajstić information content (AvgIpc) is 3.21. The molecule has 0 saturated carbocycles. The Kier molecular flexibility index (Phi) is 5.94. The third-order valence-corrected chi connectivity index (χ3v) is 5.73. The zero-order chi connectivity index (χ0) is 17.9. The molecule has 1 atom stereocenters. The Balaban J connectivity index is 1.61. The van der Waals surface area contributed by atoms with Crippen molar-refractivity contribution in [2.24, 2.45) is 0 Å². The van der Waals surface area contributed by atoms with Crippen molar-refractivity contribution in [3.8, 4) is 0 Å². The molecule has 1 aliphatic rings. The lowest BCUT2D eigenvalue weighted by atomic mass is 9.98. The van der Waals surface area contributed by atoms with Crippen molar-refractivity contribution in [1.82, 2.24) is 15.2 Å². The lowest BCUT2D eigenvalue weighted by Gasteiger charge is -2.33. The third-order valence-electron chi connectivity index (χ3n) is 4.41. The molecule has 0 spiro atoms. The van der Waals surface area contributed by atoms with Crippen LogP contribution in [0.2, 0.25) is 0 Å². The van der Waals surface area contributed by atoms with Crippen LogP contribution in [0.15, 0.2) is 21.9 Å². The fourth-order valence-electron chi connectivity index (χ4n) is 3.00. The molecule has 0 aliphatic carbocycles. The molecule has 1 fully saturated rings. The van der Waals surface area contributed by atoms with Gasteiger partial charge in [-0.05, 0) is 19.1 Å². The summed E-state index contributed by atoms with van der Waals surface area (Å²) in [7, 11) is 0. The van der Waals surface area contributed by atoms with E-state index in [4.69, 9.17) is 14.1 Å². The topological polar surface area (TPSA) is 50.5 Å². The molecule has 6 heteroatoms. The molecule has 138 valence electrons. The molecule has 3 rings (SSSR count). The minimum absolute atomic E-state index is 0.116. The van der Waals surface area contributed by atoms with Crippen molar-refractivity contribution in [1.29, 1.82) is 0 Å². The van der Waals surface area contributed by atoms with Gasteiger partial charge in [0.2, 0.25) is 0 Å². The van der Waals surface area contributed by atoms with E-state index >= 15 is 0 Å². The minimum atomic E-state index is 0.116. The number of morpholine rings is 1. The van der Waals surface area contributed by atoms with E-state index < -0.39 is 0 Å². The Labute approximate surface area is 154 Å². The number of ether oxygens (including phenoxy) is 1. The van der Waals surface area contributed by atoms with Crippen LogP contribution in [0.25, 0.3) is 0 Å². The summed E-state index contributed by atoms with van der Waals surface area (Å²) in [6.07, 6.45) is 0. The molecular formula is C19H29N3O2S. The first-order valence-corrected chi connectivity index (χ1v) is 9.85. The molecule has 5 nitrogen and oxygen atoms in total. The van der Waals surface area contributed by atoms with Gasteiger partial charge in [0.05, 0.1) is 30.0 Å². The van der Waals surface area contributed by atoms with E-state index in [2.05, 4.69) is 42.4 Å². The quantitative estimate of drug-likeness (QED) is 0.851. The van der Waals surface area contributed by atoms with Gasteiger partial charge < -0.3 is 14.5 Å². The van der Waals surface area contributed by atoms with Crippen molar-refractivity contribution in [2.75, 3.05) is 32.8 Å². The highest BCUT2D eigenvalue weighted by Gasteiger charge is 2.25. The largest absolute Gasteiger partial charge is 0.465 e. The number of aromatic nitrogens is 1. The van der Waals surface area contributed by atoms with Crippen LogP contribution in [0.3, 0.4) is 0 Å². The first-order valence-electron chi connectivity index (χ1n) is 8.97. The molecule has 25 heavy (non-hydrogen) atoms. The van der Waals surface area contributed by atoms with Gasteiger partial charge in [-0.15, -0.1) is 11.3 Å². The van der Waals surface area contributed by atoms with E-state index in [9.17, 15) is 0 Å². The van der Waals surface area contributed by atoms with E-state index in [-0.39, 0.29) is 11.5 Å². The third kappa shape index (κ3) is 4.91. The monoisotopic (exact) mass is 363 g/mol. The Morgan fingerprint density at radius 3 is 2.64 bits per heavy atom. The van der Waals surface area contributed by atoms with Crippen molar-refractivity contribution in [2.45, 2.75) is 45.7 Å². The fourth-order valence-corrected chi connectivity index (χ4v) is 3.91. The van der Waals surface area contributed by atoms with Gasteiger partial charge in [0, 0.05) is 37.0 Å². The highest BCUT2D eigenvalue weighted by molar-refractivity contribution is 7.09. The maximum Gasteiger partial charge on any atom is 0.122 e. The highest BCUT2D eigenvalue weighted by atomic mass is 32.1. The van der Waals surface area contributed by atoms with Gasteiger partial charge in [0.1, 0.15) is 11.5 Å². The van der Waals surface area contributed by atoms with Crippen LogP contribution in [0, 0.1) is 6.92 Å². The van der Waals surface area contributed by atoms with Gasteiger partial charge in [-0.3, -0.25) is 4.90 Å². The number of hydrogen-bond donors (Lipinski definition) is 1. The van der Waals surface area contributed by atoms with E-state index in [1.54, 1.807) is 11.3 Å². The van der Waals surface area contributed by atoms with Crippen LogP contribution in [-0.2, 0) is 16.7 Å². The molecule has 2 aromatic rings. The smallest absolute Gasteiger partial charge is 0.122 e. The van der Waals surface area contributed by atoms with Crippen LogP contribution >= 0.6 is 11.3 Å². The minimum Gasteiger partial charge on any atom is -0.465 e. The van der Waals surface area contributed by atoms with Crippen LogP contribution in [0.1, 0.15) is 49.0 Å². The molecule has 1 saturated heterocycles. The van der Waals surface area contributed by atoms with Crippen molar-refractivity contribution >= 4 is 11.3 Å². The zero-order valence-electron chi connectivity index (χ0n) is 15.7. The second-order valence-electron chi connectivity index (χ2n) is 7.64. The number of rotatable bonds is 6. The average molecular weight is 364 g/mol. The summed E-state index contributed by atoms with van der Waals surface area (Å²) in [4.78, 5) is 7.21. The van der Waals surface area contributed by atoms with Crippen molar-refractivity contribution < 1.29 is 9.15 Å². The second kappa shape index (κ2) is 7.99. The predicted molar refractivity (Wildman–Crippen MR) is 101 cm³/mol. The molecule has 0 radical (unpaired) electrons. The van der Waals surface area contributed by atoms with Gasteiger partial charge >= 0.3 is 0 Å². The number of nitrogens with zero attached hydrogens (tertiary/aromatic N) is 2. The highest BCUT2D eigenvalue weighted by Crippen LogP contribution is 2.26. The van der Waals surface area contributed by atoms with Crippen molar-refractivity contribution in [3.05, 3.63) is 39.7 Å². The molecule has 0 bridgehead atoms. The number of thiazole rings is 1. The predicted octanol–water partition coefficient (Wildman–Crippen LogP) is 3.51. The van der Waals surface area contributed by atoms with E-state index in [0.29, 0.717) is 0 Å². The summed E-state index contributed by atoms with van der Waals surface area (Å²) < 4.78 is 11.4. The Morgan fingerprint density at radius 1 is 1.28 bits per heavy atom. The van der Waals surface area contributed by atoms with Crippen LogP contribution < -0.4 is 5.32 Å². The molecule has 0 amide bonds. The molecule has 3 heterocycles. The molecule has 1 unspecified atom stereocenters. The molecular weight excluding hydrogens is 334 g/mol. The summed E-state index contributed by atoms with van der Waals surface area (Å²) in [6, 6.07) is 4.37. The Hall–Kier alpha value is -1.21. The molecule has 0 aromatic carbocycles. The number of hydrogen-bond acceptors (Lipinski definition) is 6. The summed E-state index contributed by atoms with van der Waals surface area (Å²) in [5.74, 6) is 1.99. The van der Waals surface area contributed by atoms with E-state index in [0.717, 1.165) is 56.6 Å². The number of aryl methyl sites for hydroxylation is 1. The van der Waals surface area contributed by atoms with Crippen LogP contribution in [-0.4, -0.2) is 42.7 Å².